The molecule has 0 bridgehead atoms. The number of nitrogens with zero attached hydrogens (tertiary/aromatic N) is 15. The molecule has 41 nitrogen and oxygen atoms in total. The number of carbonyl (C=O) groups is 4. The molecule has 1 aliphatic heterocycles. The average Bonchev–Trinajstić information content (AvgIpc) is 1.61. The summed E-state index contributed by atoms with van der Waals surface area (Å²) in [6, 6.07) is 7.44. The summed E-state index contributed by atoms with van der Waals surface area (Å²) in [5, 5.41) is 27.6. The lowest BCUT2D eigenvalue weighted by atomic mass is 10.0. The number of aliphatic imine (C=N–C) groups is 4. The number of thiazole rings is 4. The maximum atomic E-state index is 13.1. The van der Waals surface area contributed by atoms with Crippen molar-refractivity contribution in [1.29, 1.82) is 0 Å². The van der Waals surface area contributed by atoms with E-state index < -0.39 is 5.91 Å². The van der Waals surface area contributed by atoms with E-state index in [9.17, 15) is 38.4 Å². The van der Waals surface area contributed by atoms with E-state index in [1.807, 2.05) is 77.2 Å². The Balaban J connectivity index is 0.000000146. The number of aryl methyl sites for hydroxylation is 3. The fourth-order valence-corrected chi connectivity index (χ4v) is 20.5. The van der Waals surface area contributed by atoms with Crippen LogP contribution in [0.3, 0.4) is 0 Å². The zero-order chi connectivity index (χ0) is 96.4. The van der Waals surface area contributed by atoms with Crippen molar-refractivity contribution in [2.24, 2.45) is 54.7 Å². The zero-order valence-electron chi connectivity index (χ0n) is 74.3. The normalized spacial score (nSPS) is 14.0. The van der Waals surface area contributed by atoms with E-state index in [0.717, 1.165) is 128 Å². The number of fused-ring (bicyclic) bond motifs is 1. The minimum absolute atomic E-state index is 0.0449. The Morgan fingerprint density at radius 1 is 0.574 bits per heavy atom. The highest BCUT2D eigenvalue weighted by Gasteiger charge is 2.29. The van der Waals surface area contributed by atoms with Gasteiger partial charge in [0.1, 0.15) is 102 Å². The van der Waals surface area contributed by atoms with Gasteiger partial charge in [-0.25, -0.2) is 39.9 Å². The number of nitrogens with one attached hydrogen (secondary N) is 13. The summed E-state index contributed by atoms with van der Waals surface area (Å²) in [5.74, 6) is 1.74. The molecule has 3 aliphatic carbocycles. The van der Waals surface area contributed by atoms with Crippen molar-refractivity contribution in [3.05, 3.63) is 213 Å². The second-order valence-corrected chi connectivity index (χ2v) is 39.5. The minimum atomic E-state index is -0.400. The molecule has 2 saturated carbocycles. The number of carbonyl (C=O) groups excluding carboxylic acids is 4. The summed E-state index contributed by atoms with van der Waals surface area (Å²) < 4.78 is 16.0. The number of aromatic amines is 5. The number of rotatable bonds is 32. The van der Waals surface area contributed by atoms with Gasteiger partial charge in [0.05, 0.1) is 85.0 Å². The first-order chi connectivity index (χ1) is 65.4. The number of pyridine rings is 2. The lowest BCUT2D eigenvalue weighted by Crippen LogP contribution is -2.26. The molecule has 14 heterocycles. The van der Waals surface area contributed by atoms with Crippen molar-refractivity contribution in [2.45, 2.75) is 125 Å². The highest BCUT2D eigenvalue weighted by molar-refractivity contribution is 7.20. The molecule has 0 radical (unpaired) electrons. The number of amides is 4. The quantitative estimate of drug-likeness (QED) is 0.0106. The van der Waals surface area contributed by atoms with Crippen molar-refractivity contribution in [3.63, 3.8) is 0 Å². The van der Waals surface area contributed by atoms with Gasteiger partial charge >= 0.3 is 0 Å². The van der Waals surface area contributed by atoms with Crippen molar-refractivity contribution >= 4 is 237 Å². The number of aromatic nitrogens is 15. The van der Waals surface area contributed by atoms with E-state index in [2.05, 4.69) is 140 Å². The van der Waals surface area contributed by atoms with Crippen LogP contribution >= 0.6 is 115 Å². The average molecular weight is 2040 g/mol. The van der Waals surface area contributed by atoms with Gasteiger partial charge in [-0.05, 0) is 169 Å². The van der Waals surface area contributed by atoms with E-state index in [0.29, 0.717) is 156 Å². The molecule has 13 aromatic heterocycles. The number of anilines is 12. The molecule has 0 atom stereocenters. The molecular formula is C85H94Cl2N32O9S8. The predicted octanol–water partition coefficient (Wildman–Crippen LogP) is 14.2. The fourth-order valence-electron chi connectivity index (χ4n) is 13.7. The Morgan fingerprint density at radius 3 is 1.60 bits per heavy atom. The molecule has 3 fully saturated rings. The lowest BCUT2D eigenvalue weighted by Gasteiger charge is -2.10. The second-order valence-electron chi connectivity index (χ2n) is 31.4. The van der Waals surface area contributed by atoms with E-state index >= 15 is 0 Å². The van der Waals surface area contributed by atoms with Crippen molar-refractivity contribution < 1.29 is 23.9 Å². The molecule has 710 valence electrons. The number of nitrogens with two attached hydrogens (primary N) is 4. The molecule has 13 aromatic rings. The van der Waals surface area contributed by atoms with Crippen LogP contribution in [0.15, 0.2) is 119 Å². The lowest BCUT2D eigenvalue weighted by molar-refractivity contribution is 0.102. The summed E-state index contributed by atoms with van der Waals surface area (Å²) in [7, 11) is 0. The van der Waals surface area contributed by atoms with Gasteiger partial charge in [0.15, 0.2) is 36.7 Å². The Labute approximate surface area is 818 Å². The van der Waals surface area contributed by atoms with Crippen molar-refractivity contribution in [3.8, 4) is 11.3 Å². The first-order valence-corrected chi connectivity index (χ1v) is 49.8. The maximum absolute atomic E-state index is 13.1. The van der Waals surface area contributed by atoms with Crippen LogP contribution in [0.1, 0.15) is 180 Å². The van der Waals surface area contributed by atoms with Gasteiger partial charge in [-0.2, -0.15) is 0 Å². The summed E-state index contributed by atoms with van der Waals surface area (Å²) in [6.07, 6.45) is 28.7. The van der Waals surface area contributed by atoms with Gasteiger partial charge in [0, 0.05) is 68.2 Å². The first kappa shape index (κ1) is 98.9. The smallest absolute Gasteiger partial charge is 0.271 e. The fraction of sp³-hybridized carbons (Fsp3) is 0.318. The molecule has 0 aromatic carbocycles. The molecule has 51 heteroatoms. The highest BCUT2D eigenvalue weighted by atomic mass is 35.5. The Kier molecular flexibility index (Phi) is 33.4. The molecule has 0 unspecified atom stereocenters. The SMILES string of the molecule is C/C=C/c1nc(C)c(NC(=O)c2cnc(Nc3s[nH]c(=O)c3C(N)=NCCC3CCCC3)s2)c(Cl)n1.CC(C)N=C(N)c1c(Nc2ncc(C(=O)Nc3cnc4c(c3)C=CC4)s2)s[nH]c1=O.CC(C)N=C(N)c1c(Nc2ncc(C(=O)Nc3cncc(-c4ccc[nH]4)c3)s2)s[nH]c1=O.Cc1nc(Nc2s[nH]c(=O)c2C(N)=NCCN2CCOC2)sc1C(=O)Nc1c(C)nc(CC2CC2)nc1Cl. The number of hydrogen-bond acceptors (Lipinski definition) is 36. The largest absolute Gasteiger partial charge is 0.383 e. The van der Waals surface area contributed by atoms with E-state index in [4.69, 9.17) is 50.9 Å². The molecule has 4 amide bonds. The zero-order valence-corrected chi connectivity index (χ0v) is 82.3. The Morgan fingerprint density at radius 2 is 1.09 bits per heavy atom. The monoisotopic (exact) mass is 2030 g/mol. The third-order valence-corrected chi connectivity index (χ3v) is 27.9. The van der Waals surface area contributed by atoms with Crippen LogP contribution in [0.5, 0.6) is 0 Å². The molecular weight excluding hydrogens is 1940 g/mol. The third-order valence-electron chi connectivity index (χ3n) is 20.4. The molecule has 21 N–H and O–H groups in total. The van der Waals surface area contributed by atoms with Gasteiger partial charge < -0.3 is 75.2 Å². The number of halogens is 2. The number of H-pyrrole nitrogens is 5. The summed E-state index contributed by atoms with van der Waals surface area (Å²) in [6.45, 7) is 18.5. The number of amidine groups is 4. The van der Waals surface area contributed by atoms with E-state index in [1.54, 1.807) is 51.5 Å². The maximum Gasteiger partial charge on any atom is 0.271 e. The van der Waals surface area contributed by atoms with Crippen molar-refractivity contribution in [2.75, 3.05) is 82.1 Å². The van der Waals surface area contributed by atoms with Crippen molar-refractivity contribution in [1.82, 2.24) is 77.2 Å². The molecule has 4 aliphatic rings. The molecule has 1 saturated heterocycles. The van der Waals surface area contributed by atoms with E-state index in [-0.39, 0.29) is 108 Å². The van der Waals surface area contributed by atoms with Crippen LogP contribution in [0, 0.1) is 32.6 Å². The predicted molar refractivity (Wildman–Crippen MR) is 545 cm³/mol. The standard InChI is InChI=1S/C23H28ClN9O3S2.C23H27ClN8O2S2.C20H20N8O2S2.C19H19N7O2S2/c1-11-16(18(24)29-14(27-11)9-13-3-4-13)30-21(35)17-12(2)28-23(37-17)31-22-15(20(34)32-38-22)19(25)26-5-6-33-7-8-36-10-33;1-3-6-15-28-12(2)17(18(24)29-15)30-20(33)14-11-27-23(35-14)31-22-16(21(34)32-36-22)19(25)26-10-9-13-7-4-5-8-13;1-10(2)25-16(21)15-18(30)28-32-19(15)27-20-24-9-14(31-20)17(29)26-12-6-11(7-22-8-12)13-4-3-5-23-13;1-9(2)23-15(20)14-17(28)26-30-18(14)25-19-22-8-13(29-19)16(27)24-11-6-10-4-3-5-12(10)21-7-11/h13H,3-10H2,1-2H3,(H2,25,26)(H,28,31)(H,30,35)(H,32,34);3,6,11,13H,4-5,7-10H2,1-2H3,(H2,25,26)(H,27,31)(H,30,33)(H,32,34);3-10,23H,1-2H3,(H2,21,25)(H,24,27)(H,26,29)(H,28,30);3-4,6-9H,5H2,1-2H3,(H2,20,23)(H,22,25)(H,24,27)(H,26,28)/b;6-3+;;. The topological polar surface area (TPSA) is 607 Å². The highest BCUT2D eigenvalue weighted by Crippen LogP contribution is 2.38. The number of allylic oxidation sites excluding steroid dienone is 2. The van der Waals surface area contributed by atoms with Gasteiger partial charge in [-0.3, -0.25) is 90.7 Å². The number of hydrogen-bond donors (Lipinski definition) is 17. The second kappa shape index (κ2) is 46.0. The van der Waals surface area contributed by atoms with Gasteiger partial charge in [-0.15, -0.1) is 0 Å². The Hall–Kier alpha value is -13.1. The Bertz CT molecular complexity index is 6900. The van der Waals surface area contributed by atoms with Crippen LogP contribution in [0.25, 0.3) is 23.4 Å². The van der Waals surface area contributed by atoms with Crippen LogP contribution < -0.4 is 87.7 Å². The van der Waals surface area contributed by atoms with Gasteiger partial charge in [0.25, 0.3) is 45.9 Å². The van der Waals surface area contributed by atoms with Crippen LogP contribution in [0.4, 0.5) is 63.3 Å². The van der Waals surface area contributed by atoms with Crippen LogP contribution in [-0.4, -0.2) is 176 Å². The minimum Gasteiger partial charge on any atom is -0.383 e. The first-order valence-electron chi connectivity index (χ1n) is 42.5. The molecule has 136 heavy (non-hydrogen) atoms. The summed E-state index contributed by atoms with van der Waals surface area (Å²) in [5.41, 5.74) is 31.4. The third kappa shape index (κ3) is 26.1. The molecule has 17 rings (SSSR count). The van der Waals surface area contributed by atoms with Crippen LogP contribution in [-0.2, 0) is 17.6 Å². The van der Waals surface area contributed by atoms with Gasteiger partial charge in [0.2, 0.25) is 0 Å². The molecule has 0 spiro atoms. The number of ether oxygens (including phenoxy) is 1. The van der Waals surface area contributed by atoms with Gasteiger partial charge in [-0.1, -0.05) is 112 Å². The summed E-state index contributed by atoms with van der Waals surface area (Å²) in [4.78, 5) is 167. The van der Waals surface area contributed by atoms with Crippen LogP contribution in [0.2, 0.25) is 10.3 Å². The summed E-state index contributed by atoms with van der Waals surface area (Å²) >= 11 is 21.6. The van der Waals surface area contributed by atoms with E-state index in [1.165, 1.54) is 68.5 Å².